The van der Waals surface area contributed by atoms with Gasteiger partial charge >= 0.3 is 0 Å². The van der Waals surface area contributed by atoms with Crippen LogP contribution in [0.5, 0.6) is 0 Å². The van der Waals surface area contributed by atoms with Gasteiger partial charge in [0, 0.05) is 18.7 Å². The lowest BCUT2D eigenvalue weighted by atomic mass is 9.78. The summed E-state index contributed by atoms with van der Waals surface area (Å²) < 4.78 is 6.48. The van der Waals surface area contributed by atoms with Crippen molar-refractivity contribution in [3.8, 4) is 0 Å². The Morgan fingerprint density at radius 1 is 1.25 bits per heavy atom. The van der Waals surface area contributed by atoms with Crippen molar-refractivity contribution in [2.75, 3.05) is 13.1 Å². The van der Waals surface area contributed by atoms with Crippen molar-refractivity contribution in [1.29, 1.82) is 0 Å². The Morgan fingerprint density at radius 3 is 2.75 bits per heavy atom. The SMILES string of the molecule is CC1CCC2(CC1)CNCC(c1cccc(Cl)c1Cl)O2. The smallest absolute Gasteiger partial charge is 0.0972 e. The van der Waals surface area contributed by atoms with Gasteiger partial charge in [0.15, 0.2) is 0 Å². The van der Waals surface area contributed by atoms with Crippen molar-refractivity contribution >= 4 is 23.2 Å². The summed E-state index contributed by atoms with van der Waals surface area (Å²) in [5.74, 6) is 0.819. The zero-order valence-electron chi connectivity index (χ0n) is 11.8. The number of rotatable bonds is 1. The van der Waals surface area contributed by atoms with Crippen LogP contribution in [0.4, 0.5) is 0 Å². The normalized spacial score (nSPS) is 34.4. The van der Waals surface area contributed by atoms with Crippen molar-refractivity contribution < 1.29 is 4.74 Å². The van der Waals surface area contributed by atoms with E-state index in [1.165, 1.54) is 12.8 Å². The predicted molar refractivity (Wildman–Crippen MR) is 83.5 cm³/mol. The lowest BCUT2D eigenvalue weighted by Crippen LogP contribution is -2.52. The average Bonchev–Trinajstić information content (AvgIpc) is 2.46. The quantitative estimate of drug-likeness (QED) is 0.818. The van der Waals surface area contributed by atoms with Crippen LogP contribution in [0.15, 0.2) is 18.2 Å². The molecule has 1 N–H and O–H groups in total. The maximum absolute atomic E-state index is 6.48. The number of halogens is 2. The Balaban J connectivity index is 1.80. The first-order chi connectivity index (χ1) is 9.60. The third-order valence-electron chi connectivity index (χ3n) is 4.68. The number of morpholine rings is 1. The molecule has 1 saturated heterocycles. The monoisotopic (exact) mass is 313 g/mol. The van der Waals surface area contributed by atoms with Gasteiger partial charge in [0.2, 0.25) is 0 Å². The minimum atomic E-state index is -0.0128. The second-order valence-electron chi connectivity index (χ2n) is 6.25. The van der Waals surface area contributed by atoms with E-state index in [0.29, 0.717) is 10.0 Å². The summed E-state index contributed by atoms with van der Waals surface area (Å²) >= 11 is 12.5. The van der Waals surface area contributed by atoms with Gasteiger partial charge in [0.05, 0.1) is 21.8 Å². The van der Waals surface area contributed by atoms with E-state index in [0.717, 1.165) is 37.4 Å². The summed E-state index contributed by atoms with van der Waals surface area (Å²) in [6.07, 6.45) is 4.77. The van der Waals surface area contributed by atoms with Gasteiger partial charge in [-0.2, -0.15) is 0 Å². The van der Waals surface area contributed by atoms with Gasteiger partial charge in [-0.05, 0) is 37.7 Å². The maximum Gasteiger partial charge on any atom is 0.0972 e. The minimum absolute atomic E-state index is 0.00311. The van der Waals surface area contributed by atoms with Gasteiger partial charge in [-0.15, -0.1) is 0 Å². The number of benzene rings is 1. The maximum atomic E-state index is 6.48. The number of nitrogens with one attached hydrogen (secondary N) is 1. The molecule has 1 atom stereocenters. The molecular formula is C16H21Cl2NO. The van der Waals surface area contributed by atoms with Crippen molar-refractivity contribution in [3.63, 3.8) is 0 Å². The highest BCUT2D eigenvalue weighted by Crippen LogP contribution is 2.41. The highest BCUT2D eigenvalue weighted by Gasteiger charge is 2.40. The summed E-state index contributed by atoms with van der Waals surface area (Å²) in [5.41, 5.74) is 0.991. The highest BCUT2D eigenvalue weighted by atomic mass is 35.5. The van der Waals surface area contributed by atoms with E-state index in [-0.39, 0.29) is 11.7 Å². The van der Waals surface area contributed by atoms with E-state index >= 15 is 0 Å². The molecule has 1 aliphatic heterocycles. The molecule has 1 saturated carbocycles. The molecule has 1 heterocycles. The van der Waals surface area contributed by atoms with Crippen LogP contribution in [-0.2, 0) is 4.74 Å². The minimum Gasteiger partial charge on any atom is -0.364 e. The van der Waals surface area contributed by atoms with E-state index in [9.17, 15) is 0 Å². The molecule has 0 bridgehead atoms. The van der Waals surface area contributed by atoms with E-state index < -0.39 is 0 Å². The van der Waals surface area contributed by atoms with Crippen LogP contribution in [0.2, 0.25) is 10.0 Å². The van der Waals surface area contributed by atoms with Crippen molar-refractivity contribution in [2.24, 2.45) is 5.92 Å². The summed E-state index contributed by atoms with van der Waals surface area (Å²) in [7, 11) is 0. The molecule has 3 rings (SSSR count). The fourth-order valence-electron chi connectivity index (χ4n) is 3.34. The average molecular weight is 314 g/mol. The highest BCUT2D eigenvalue weighted by molar-refractivity contribution is 6.42. The van der Waals surface area contributed by atoms with Gasteiger partial charge in [0.25, 0.3) is 0 Å². The largest absolute Gasteiger partial charge is 0.364 e. The van der Waals surface area contributed by atoms with Gasteiger partial charge in [-0.1, -0.05) is 42.3 Å². The Labute approximate surface area is 130 Å². The molecule has 2 fully saturated rings. The molecule has 110 valence electrons. The van der Waals surface area contributed by atoms with E-state index in [1.807, 2.05) is 18.2 Å². The molecule has 1 spiro atoms. The first-order valence-corrected chi connectivity index (χ1v) is 8.18. The predicted octanol–water partition coefficient (Wildman–Crippen LogP) is 4.60. The van der Waals surface area contributed by atoms with Crippen LogP contribution in [0.3, 0.4) is 0 Å². The van der Waals surface area contributed by atoms with Crippen LogP contribution in [0, 0.1) is 5.92 Å². The van der Waals surface area contributed by atoms with Crippen LogP contribution in [-0.4, -0.2) is 18.7 Å². The zero-order valence-corrected chi connectivity index (χ0v) is 13.3. The van der Waals surface area contributed by atoms with Crippen molar-refractivity contribution in [1.82, 2.24) is 5.32 Å². The molecule has 0 amide bonds. The first-order valence-electron chi connectivity index (χ1n) is 7.42. The van der Waals surface area contributed by atoms with E-state index in [1.54, 1.807) is 0 Å². The van der Waals surface area contributed by atoms with Gasteiger partial charge in [0.1, 0.15) is 0 Å². The lowest BCUT2D eigenvalue weighted by Gasteiger charge is -2.45. The summed E-state index contributed by atoms with van der Waals surface area (Å²) in [6.45, 7) is 4.08. The molecule has 2 aliphatic rings. The topological polar surface area (TPSA) is 21.3 Å². The third kappa shape index (κ3) is 2.85. The Bertz CT molecular complexity index is 483. The summed E-state index contributed by atoms with van der Waals surface area (Å²) in [5, 5.41) is 4.76. The van der Waals surface area contributed by atoms with Crippen LogP contribution in [0.1, 0.15) is 44.3 Å². The van der Waals surface area contributed by atoms with Crippen molar-refractivity contribution in [3.05, 3.63) is 33.8 Å². The number of ether oxygens (including phenoxy) is 1. The molecule has 1 aromatic carbocycles. The van der Waals surface area contributed by atoms with Gasteiger partial charge < -0.3 is 10.1 Å². The molecule has 0 aromatic heterocycles. The third-order valence-corrected chi connectivity index (χ3v) is 5.52. The molecule has 4 heteroatoms. The second kappa shape index (κ2) is 5.84. The standard InChI is InChI=1S/C16H21Cl2NO/c1-11-5-7-16(8-6-11)10-19-9-14(20-16)12-3-2-4-13(17)15(12)18/h2-4,11,14,19H,5-10H2,1H3. The number of hydrogen-bond donors (Lipinski definition) is 1. The fraction of sp³-hybridized carbons (Fsp3) is 0.625. The molecule has 20 heavy (non-hydrogen) atoms. The molecule has 1 aromatic rings. The summed E-state index contributed by atoms with van der Waals surface area (Å²) in [6, 6.07) is 5.78. The lowest BCUT2D eigenvalue weighted by molar-refractivity contribution is -0.140. The molecule has 2 nitrogen and oxygen atoms in total. The molecular weight excluding hydrogens is 293 g/mol. The Kier molecular flexibility index (Phi) is 4.28. The Hall–Kier alpha value is -0.280. The Morgan fingerprint density at radius 2 is 2.00 bits per heavy atom. The van der Waals surface area contributed by atoms with E-state index in [4.69, 9.17) is 27.9 Å². The van der Waals surface area contributed by atoms with E-state index in [2.05, 4.69) is 12.2 Å². The van der Waals surface area contributed by atoms with Crippen LogP contribution < -0.4 is 5.32 Å². The molecule has 1 unspecified atom stereocenters. The summed E-state index contributed by atoms with van der Waals surface area (Å²) in [4.78, 5) is 0. The van der Waals surface area contributed by atoms with Crippen LogP contribution in [0.25, 0.3) is 0 Å². The van der Waals surface area contributed by atoms with Crippen molar-refractivity contribution in [2.45, 2.75) is 44.3 Å². The van der Waals surface area contributed by atoms with Gasteiger partial charge in [-0.3, -0.25) is 0 Å². The van der Waals surface area contributed by atoms with Gasteiger partial charge in [-0.25, -0.2) is 0 Å². The fourth-order valence-corrected chi connectivity index (χ4v) is 3.77. The van der Waals surface area contributed by atoms with Crippen LogP contribution >= 0.6 is 23.2 Å². The zero-order chi connectivity index (χ0) is 14.2. The first kappa shape index (κ1) is 14.6. The number of hydrogen-bond acceptors (Lipinski definition) is 2. The second-order valence-corrected chi connectivity index (χ2v) is 7.03. The molecule has 0 radical (unpaired) electrons. The molecule has 1 aliphatic carbocycles.